The lowest BCUT2D eigenvalue weighted by molar-refractivity contribution is -0.139. The number of H-pyrrole nitrogens is 1. The SMILES string of the molecule is CC(C)CC(NC(=O)c1cccc(-c2ncn[nH]2)c1)C(=O)O. The maximum Gasteiger partial charge on any atom is 0.326 e. The highest BCUT2D eigenvalue weighted by atomic mass is 16.4. The Labute approximate surface area is 127 Å². The van der Waals surface area contributed by atoms with Gasteiger partial charge in [0.1, 0.15) is 12.4 Å². The summed E-state index contributed by atoms with van der Waals surface area (Å²) in [5.41, 5.74) is 1.09. The number of aliphatic carboxylic acids is 1. The predicted molar refractivity (Wildman–Crippen MR) is 80.2 cm³/mol. The fourth-order valence-corrected chi connectivity index (χ4v) is 2.09. The molecule has 0 fully saturated rings. The van der Waals surface area contributed by atoms with Gasteiger partial charge in [-0.15, -0.1) is 0 Å². The predicted octanol–water partition coefficient (Wildman–Crippen LogP) is 1.70. The number of hydrogen-bond donors (Lipinski definition) is 3. The molecule has 0 bridgehead atoms. The highest BCUT2D eigenvalue weighted by Crippen LogP contribution is 2.16. The van der Waals surface area contributed by atoms with Crippen molar-refractivity contribution in [1.29, 1.82) is 0 Å². The summed E-state index contributed by atoms with van der Waals surface area (Å²) in [4.78, 5) is 27.5. The quantitative estimate of drug-likeness (QED) is 0.752. The number of carbonyl (C=O) groups excluding carboxylic acids is 1. The number of aromatic amines is 1. The lowest BCUT2D eigenvalue weighted by Crippen LogP contribution is -2.41. The van der Waals surface area contributed by atoms with Gasteiger partial charge in [0.15, 0.2) is 5.82 Å². The number of carbonyl (C=O) groups is 2. The van der Waals surface area contributed by atoms with E-state index in [1.54, 1.807) is 24.3 Å². The smallest absolute Gasteiger partial charge is 0.326 e. The Balaban J connectivity index is 2.15. The summed E-state index contributed by atoms with van der Waals surface area (Å²) in [6, 6.07) is 5.88. The Hall–Kier alpha value is -2.70. The van der Waals surface area contributed by atoms with Crippen molar-refractivity contribution in [2.75, 3.05) is 0 Å². The van der Waals surface area contributed by atoms with Crippen LogP contribution in [0.15, 0.2) is 30.6 Å². The first-order chi connectivity index (χ1) is 10.5. The van der Waals surface area contributed by atoms with Crippen LogP contribution in [0.1, 0.15) is 30.6 Å². The molecule has 0 radical (unpaired) electrons. The van der Waals surface area contributed by atoms with Crippen LogP contribution in [0.25, 0.3) is 11.4 Å². The second kappa shape index (κ2) is 6.84. The molecule has 7 heteroatoms. The standard InChI is InChI=1S/C15H18N4O3/c1-9(2)6-12(15(21)22)18-14(20)11-5-3-4-10(7-11)13-16-8-17-19-13/h3-5,7-9,12H,6H2,1-2H3,(H,18,20)(H,21,22)(H,16,17,19). The number of benzene rings is 1. The van der Waals surface area contributed by atoms with Crippen LogP contribution in [0.3, 0.4) is 0 Å². The van der Waals surface area contributed by atoms with E-state index >= 15 is 0 Å². The minimum absolute atomic E-state index is 0.168. The van der Waals surface area contributed by atoms with Crippen LogP contribution in [-0.2, 0) is 4.79 Å². The summed E-state index contributed by atoms with van der Waals surface area (Å²) in [6.07, 6.45) is 1.76. The number of rotatable bonds is 6. The highest BCUT2D eigenvalue weighted by Gasteiger charge is 2.21. The Morgan fingerprint density at radius 3 is 2.73 bits per heavy atom. The van der Waals surface area contributed by atoms with Crippen molar-refractivity contribution in [2.45, 2.75) is 26.3 Å². The van der Waals surface area contributed by atoms with E-state index in [0.29, 0.717) is 23.4 Å². The van der Waals surface area contributed by atoms with E-state index in [1.807, 2.05) is 13.8 Å². The van der Waals surface area contributed by atoms with Crippen molar-refractivity contribution in [3.05, 3.63) is 36.2 Å². The molecule has 2 rings (SSSR count). The maximum absolute atomic E-state index is 12.2. The van der Waals surface area contributed by atoms with E-state index in [1.165, 1.54) is 6.33 Å². The van der Waals surface area contributed by atoms with Crippen LogP contribution >= 0.6 is 0 Å². The van der Waals surface area contributed by atoms with Crippen LogP contribution in [0.5, 0.6) is 0 Å². The van der Waals surface area contributed by atoms with Crippen molar-refractivity contribution in [2.24, 2.45) is 5.92 Å². The first-order valence-corrected chi connectivity index (χ1v) is 6.97. The van der Waals surface area contributed by atoms with Gasteiger partial charge in [0.2, 0.25) is 0 Å². The zero-order chi connectivity index (χ0) is 16.1. The van der Waals surface area contributed by atoms with Gasteiger partial charge in [0.25, 0.3) is 5.91 Å². The van der Waals surface area contributed by atoms with Gasteiger partial charge in [-0.3, -0.25) is 9.89 Å². The van der Waals surface area contributed by atoms with Crippen LogP contribution in [0.2, 0.25) is 0 Å². The van der Waals surface area contributed by atoms with Gasteiger partial charge < -0.3 is 10.4 Å². The molecule has 1 aromatic heterocycles. The van der Waals surface area contributed by atoms with Gasteiger partial charge in [-0.1, -0.05) is 26.0 Å². The zero-order valence-electron chi connectivity index (χ0n) is 12.4. The number of carboxylic acid groups (broad SMARTS) is 1. The third-order valence-corrected chi connectivity index (χ3v) is 3.12. The first-order valence-electron chi connectivity index (χ1n) is 6.97. The molecule has 1 atom stereocenters. The van der Waals surface area contributed by atoms with Gasteiger partial charge in [-0.2, -0.15) is 5.10 Å². The summed E-state index contributed by atoms with van der Waals surface area (Å²) in [7, 11) is 0. The average Bonchev–Trinajstić information content (AvgIpc) is 3.00. The molecule has 0 spiro atoms. The molecule has 0 aliphatic rings. The van der Waals surface area contributed by atoms with Crippen molar-refractivity contribution in [1.82, 2.24) is 20.5 Å². The second-order valence-electron chi connectivity index (χ2n) is 5.41. The Morgan fingerprint density at radius 2 is 2.14 bits per heavy atom. The lowest BCUT2D eigenvalue weighted by atomic mass is 10.0. The average molecular weight is 302 g/mol. The van der Waals surface area contributed by atoms with E-state index in [9.17, 15) is 14.7 Å². The normalized spacial score (nSPS) is 12.1. The Bertz CT molecular complexity index is 653. The molecule has 3 N–H and O–H groups in total. The van der Waals surface area contributed by atoms with Gasteiger partial charge in [0.05, 0.1) is 0 Å². The van der Waals surface area contributed by atoms with E-state index in [4.69, 9.17) is 0 Å². The molecular weight excluding hydrogens is 284 g/mol. The summed E-state index contributed by atoms with van der Waals surface area (Å²) in [5, 5.41) is 18.2. The van der Waals surface area contributed by atoms with Gasteiger partial charge >= 0.3 is 5.97 Å². The Morgan fingerprint density at radius 1 is 1.36 bits per heavy atom. The largest absolute Gasteiger partial charge is 0.480 e. The van der Waals surface area contributed by atoms with Crippen molar-refractivity contribution in [3.63, 3.8) is 0 Å². The monoisotopic (exact) mass is 302 g/mol. The molecule has 0 aliphatic carbocycles. The van der Waals surface area contributed by atoms with Gasteiger partial charge in [-0.05, 0) is 24.5 Å². The minimum Gasteiger partial charge on any atom is -0.480 e. The molecule has 0 saturated heterocycles. The fourth-order valence-electron chi connectivity index (χ4n) is 2.09. The van der Waals surface area contributed by atoms with E-state index in [2.05, 4.69) is 20.5 Å². The molecule has 2 aromatic rings. The fraction of sp³-hybridized carbons (Fsp3) is 0.333. The summed E-state index contributed by atoms with van der Waals surface area (Å²) in [6.45, 7) is 3.82. The Kier molecular flexibility index (Phi) is 4.88. The van der Waals surface area contributed by atoms with E-state index < -0.39 is 17.9 Å². The number of nitrogens with one attached hydrogen (secondary N) is 2. The number of aromatic nitrogens is 3. The number of hydrogen-bond acceptors (Lipinski definition) is 4. The zero-order valence-corrected chi connectivity index (χ0v) is 12.4. The van der Waals surface area contributed by atoms with E-state index in [0.717, 1.165) is 0 Å². The van der Waals surface area contributed by atoms with Crippen LogP contribution in [-0.4, -0.2) is 38.2 Å². The number of amides is 1. The molecule has 22 heavy (non-hydrogen) atoms. The van der Waals surface area contributed by atoms with Crippen LogP contribution in [0, 0.1) is 5.92 Å². The second-order valence-corrected chi connectivity index (χ2v) is 5.41. The third-order valence-electron chi connectivity index (χ3n) is 3.12. The summed E-state index contributed by atoms with van der Waals surface area (Å²) in [5.74, 6) is -0.739. The molecule has 1 aromatic carbocycles. The van der Waals surface area contributed by atoms with Crippen molar-refractivity contribution < 1.29 is 14.7 Å². The first kappa shape index (κ1) is 15.7. The van der Waals surface area contributed by atoms with Crippen molar-refractivity contribution >= 4 is 11.9 Å². The highest BCUT2D eigenvalue weighted by molar-refractivity contribution is 5.97. The van der Waals surface area contributed by atoms with Gasteiger partial charge in [0, 0.05) is 11.1 Å². The molecule has 1 heterocycles. The summed E-state index contributed by atoms with van der Waals surface area (Å²) < 4.78 is 0. The van der Waals surface area contributed by atoms with E-state index in [-0.39, 0.29) is 5.92 Å². The minimum atomic E-state index is -1.03. The lowest BCUT2D eigenvalue weighted by Gasteiger charge is -2.16. The molecule has 1 unspecified atom stereocenters. The van der Waals surface area contributed by atoms with Gasteiger partial charge in [-0.25, -0.2) is 9.78 Å². The summed E-state index contributed by atoms with van der Waals surface area (Å²) >= 11 is 0. The number of carboxylic acids is 1. The molecule has 0 aliphatic heterocycles. The van der Waals surface area contributed by atoms with Crippen molar-refractivity contribution in [3.8, 4) is 11.4 Å². The maximum atomic E-state index is 12.2. The molecular formula is C15H18N4O3. The molecule has 116 valence electrons. The molecule has 1 amide bonds. The van der Waals surface area contributed by atoms with Crippen LogP contribution < -0.4 is 5.32 Å². The third kappa shape index (κ3) is 3.91. The molecule has 7 nitrogen and oxygen atoms in total. The topological polar surface area (TPSA) is 108 Å². The molecule has 0 saturated carbocycles. The number of nitrogens with zero attached hydrogens (tertiary/aromatic N) is 2. The van der Waals surface area contributed by atoms with Crippen LogP contribution in [0.4, 0.5) is 0 Å².